The number of carbonyl (C=O) groups is 1. The lowest BCUT2D eigenvalue weighted by atomic mass is 10.2. The molecule has 4 heteroatoms. The number of rotatable bonds is 4. The first-order valence-corrected chi connectivity index (χ1v) is 6.61. The van der Waals surface area contributed by atoms with Crippen molar-refractivity contribution in [2.75, 3.05) is 42.9 Å². The van der Waals surface area contributed by atoms with E-state index in [0.29, 0.717) is 6.54 Å². The van der Waals surface area contributed by atoms with Gasteiger partial charge in [-0.05, 0) is 26.0 Å². The standard InChI is InChI=1S/C14H21N3O/c1-3-16(4-2)14(18)11-17-10-9-15-12-7-5-6-8-13(12)17/h5-8,15H,3-4,9-11H2,1-2H3. The minimum absolute atomic E-state index is 0.205. The molecule has 0 unspecified atom stereocenters. The molecule has 0 bridgehead atoms. The van der Waals surface area contributed by atoms with Gasteiger partial charge in [0.2, 0.25) is 5.91 Å². The second-order valence-electron chi connectivity index (χ2n) is 4.43. The third kappa shape index (κ3) is 2.58. The normalized spacial score (nSPS) is 13.8. The number of nitrogens with one attached hydrogen (secondary N) is 1. The fourth-order valence-corrected chi connectivity index (χ4v) is 2.35. The molecule has 0 saturated heterocycles. The quantitative estimate of drug-likeness (QED) is 0.881. The lowest BCUT2D eigenvalue weighted by Gasteiger charge is -2.33. The lowest BCUT2D eigenvalue weighted by molar-refractivity contribution is -0.129. The number of fused-ring (bicyclic) bond motifs is 1. The Morgan fingerprint density at radius 2 is 2.06 bits per heavy atom. The van der Waals surface area contributed by atoms with Crippen molar-refractivity contribution in [3.8, 4) is 0 Å². The zero-order valence-electron chi connectivity index (χ0n) is 11.1. The van der Waals surface area contributed by atoms with Crippen LogP contribution in [0, 0.1) is 0 Å². The average molecular weight is 247 g/mol. The van der Waals surface area contributed by atoms with Crippen molar-refractivity contribution in [1.29, 1.82) is 0 Å². The third-order valence-corrected chi connectivity index (χ3v) is 3.38. The molecule has 1 aliphatic heterocycles. The molecule has 4 nitrogen and oxygen atoms in total. The van der Waals surface area contributed by atoms with E-state index in [4.69, 9.17) is 0 Å². The average Bonchev–Trinajstić information content (AvgIpc) is 2.40. The molecule has 1 heterocycles. The highest BCUT2D eigenvalue weighted by Gasteiger charge is 2.20. The molecule has 0 radical (unpaired) electrons. The Labute approximate surface area is 109 Å². The molecule has 1 amide bonds. The van der Waals surface area contributed by atoms with E-state index in [1.54, 1.807) is 0 Å². The van der Waals surface area contributed by atoms with Crippen LogP contribution in [0.4, 0.5) is 11.4 Å². The summed E-state index contributed by atoms with van der Waals surface area (Å²) in [5.41, 5.74) is 2.25. The van der Waals surface area contributed by atoms with Gasteiger partial charge in [-0.1, -0.05) is 12.1 Å². The van der Waals surface area contributed by atoms with E-state index >= 15 is 0 Å². The summed E-state index contributed by atoms with van der Waals surface area (Å²) in [4.78, 5) is 16.2. The Morgan fingerprint density at radius 1 is 1.33 bits per heavy atom. The number of nitrogens with zero attached hydrogens (tertiary/aromatic N) is 2. The summed E-state index contributed by atoms with van der Waals surface area (Å²) in [5.74, 6) is 0.205. The molecule has 0 aromatic heterocycles. The van der Waals surface area contributed by atoms with E-state index in [-0.39, 0.29) is 5.91 Å². The van der Waals surface area contributed by atoms with Gasteiger partial charge < -0.3 is 15.1 Å². The maximum Gasteiger partial charge on any atom is 0.242 e. The van der Waals surface area contributed by atoms with E-state index in [9.17, 15) is 4.79 Å². The van der Waals surface area contributed by atoms with Crippen LogP contribution in [0.15, 0.2) is 24.3 Å². The number of hydrogen-bond acceptors (Lipinski definition) is 3. The zero-order valence-corrected chi connectivity index (χ0v) is 11.1. The molecule has 2 rings (SSSR count). The van der Waals surface area contributed by atoms with Gasteiger partial charge >= 0.3 is 0 Å². The summed E-state index contributed by atoms with van der Waals surface area (Å²) >= 11 is 0. The Hall–Kier alpha value is -1.71. The predicted molar refractivity (Wildman–Crippen MR) is 75.1 cm³/mol. The Balaban J connectivity index is 2.09. The highest BCUT2D eigenvalue weighted by Crippen LogP contribution is 2.28. The van der Waals surface area contributed by atoms with Crippen molar-refractivity contribution in [3.05, 3.63) is 24.3 Å². The number of benzene rings is 1. The van der Waals surface area contributed by atoms with E-state index in [0.717, 1.165) is 37.6 Å². The molecule has 1 aromatic rings. The van der Waals surface area contributed by atoms with Gasteiger partial charge in [0.25, 0.3) is 0 Å². The molecule has 0 atom stereocenters. The zero-order chi connectivity index (χ0) is 13.0. The second-order valence-corrected chi connectivity index (χ2v) is 4.43. The fourth-order valence-electron chi connectivity index (χ4n) is 2.35. The van der Waals surface area contributed by atoms with Gasteiger partial charge in [0, 0.05) is 26.2 Å². The molecule has 1 aliphatic rings. The largest absolute Gasteiger partial charge is 0.382 e. The monoisotopic (exact) mass is 247 g/mol. The maximum absolute atomic E-state index is 12.1. The molecule has 0 fully saturated rings. The summed E-state index contributed by atoms with van der Waals surface area (Å²) < 4.78 is 0. The second kappa shape index (κ2) is 5.76. The Morgan fingerprint density at radius 3 is 2.78 bits per heavy atom. The molecule has 98 valence electrons. The van der Waals surface area contributed by atoms with Crippen LogP contribution >= 0.6 is 0 Å². The minimum atomic E-state index is 0.205. The van der Waals surface area contributed by atoms with Crippen LogP contribution in [0.2, 0.25) is 0 Å². The molecule has 1 aromatic carbocycles. The first-order chi connectivity index (χ1) is 8.76. The molecular formula is C14H21N3O. The van der Waals surface area contributed by atoms with Crippen molar-refractivity contribution in [1.82, 2.24) is 4.90 Å². The van der Waals surface area contributed by atoms with Gasteiger partial charge in [0.05, 0.1) is 17.9 Å². The van der Waals surface area contributed by atoms with Gasteiger partial charge in [0.15, 0.2) is 0 Å². The first-order valence-electron chi connectivity index (χ1n) is 6.61. The van der Waals surface area contributed by atoms with E-state index in [1.165, 1.54) is 0 Å². The van der Waals surface area contributed by atoms with Crippen LogP contribution in [-0.4, -0.2) is 43.5 Å². The smallest absolute Gasteiger partial charge is 0.242 e. The Kier molecular flexibility index (Phi) is 4.07. The van der Waals surface area contributed by atoms with Crippen molar-refractivity contribution in [3.63, 3.8) is 0 Å². The SMILES string of the molecule is CCN(CC)C(=O)CN1CCNc2ccccc21. The van der Waals surface area contributed by atoms with Crippen LogP contribution in [0.3, 0.4) is 0 Å². The summed E-state index contributed by atoms with van der Waals surface area (Å²) in [6.45, 7) is 7.85. The van der Waals surface area contributed by atoms with Gasteiger partial charge in [0.1, 0.15) is 0 Å². The number of amides is 1. The first kappa shape index (κ1) is 12.7. The topological polar surface area (TPSA) is 35.6 Å². The number of anilines is 2. The molecule has 0 spiro atoms. The fraction of sp³-hybridized carbons (Fsp3) is 0.500. The lowest BCUT2D eigenvalue weighted by Crippen LogP contribution is -2.43. The van der Waals surface area contributed by atoms with Crippen LogP contribution in [0.5, 0.6) is 0 Å². The van der Waals surface area contributed by atoms with Gasteiger partial charge in [-0.25, -0.2) is 0 Å². The predicted octanol–water partition coefficient (Wildman–Crippen LogP) is 1.79. The number of hydrogen-bond donors (Lipinski definition) is 1. The van der Waals surface area contributed by atoms with Gasteiger partial charge in [-0.2, -0.15) is 0 Å². The maximum atomic E-state index is 12.1. The number of para-hydroxylation sites is 2. The molecule has 18 heavy (non-hydrogen) atoms. The third-order valence-electron chi connectivity index (χ3n) is 3.38. The van der Waals surface area contributed by atoms with E-state index in [1.807, 2.05) is 30.9 Å². The minimum Gasteiger partial charge on any atom is -0.382 e. The number of carbonyl (C=O) groups excluding carboxylic acids is 1. The van der Waals surface area contributed by atoms with E-state index in [2.05, 4.69) is 22.3 Å². The van der Waals surface area contributed by atoms with Gasteiger partial charge in [-0.15, -0.1) is 0 Å². The van der Waals surface area contributed by atoms with Crippen LogP contribution in [-0.2, 0) is 4.79 Å². The van der Waals surface area contributed by atoms with E-state index < -0.39 is 0 Å². The molecular weight excluding hydrogens is 226 g/mol. The van der Waals surface area contributed by atoms with Gasteiger partial charge in [-0.3, -0.25) is 4.79 Å². The molecule has 0 aliphatic carbocycles. The highest BCUT2D eigenvalue weighted by molar-refractivity contribution is 5.84. The summed E-state index contributed by atoms with van der Waals surface area (Å²) in [6.07, 6.45) is 0. The Bertz CT molecular complexity index is 415. The van der Waals surface area contributed by atoms with Crippen LogP contribution in [0.25, 0.3) is 0 Å². The van der Waals surface area contributed by atoms with Crippen LogP contribution in [0.1, 0.15) is 13.8 Å². The number of likely N-dealkylation sites (N-methyl/N-ethyl adjacent to an activating group) is 1. The van der Waals surface area contributed by atoms with Crippen molar-refractivity contribution in [2.45, 2.75) is 13.8 Å². The molecule has 0 saturated carbocycles. The summed E-state index contributed by atoms with van der Waals surface area (Å²) in [5, 5.41) is 3.36. The van der Waals surface area contributed by atoms with Crippen molar-refractivity contribution >= 4 is 17.3 Å². The summed E-state index contributed by atoms with van der Waals surface area (Å²) in [6, 6.07) is 8.16. The van der Waals surface area contributed by atoms with Crippen molar-refractivity contribution < 1.29 is 4.79 Å². The van der Waals surface area contributed by atoms with Crippen LogP contribution < -0.4 is 10.2 Å². The summed E-state index contributed by atoms with van der Waals surface area (Å²) in [7, 11) is 0. The van der Waals surface area contributed by atoms with Crippen molar-refractivity contribution in [2.24, 2.45) is 0 Å². The molecule has 1 N–H and O–H groups in total. The highest BCUT2D eigenvalue weighted by atomic mass is 16.2.